The molecule has 1 aromatic rings. The molecular formula is C10H12BN3O3. The lowest BCUT2D eigenvalue weighted by Crippen LogP contribution is -2.56. The molecule has 0 saturated carbocycles. The van der Waals surface area contributed by atoms with Crippen LogP contribution < -0.4 is 16.1 Å². The lowest BCUT2D eigenvalue weighted by Gasteiger charge is -2.28. The van der Waals surface area contributed by atoms with E-state index in [1.54, 1.807) is 18.2 Å². The lowest BCUT2D eigenvalue weighted by molar-refractivity contribution is -0.114. The third kappa shape index (κ3) is 2.09. The van der Waals surface area contributed by atoms with Crippen LogP contribution in [0.4, 0.5) is 16.2 Å². The summed E-state index contributed by atoms with van der Waals surface area (Å²) in [4.78, 5) is 23.5. The van der Waals surface area contributed by atoms with Gasteiger partial charge in [-0.3, -0.25) is 4.79 Å². The van der Waals surface area contributed by atoms with E-state index in [0.29, 0.717) is 16.8 Å². The summed E-state index contributed by atoms with van der Waals surface area (Å²) >= 11 is 0. The second-order valence-electron chi connectivity index (χ2n) is 3.90. The first-order valence-electron chi connectivity index (χ1n) is 5.12. The highest BCUT2D eigenvalue weighted by molar-refractivity contribution is 6.69. The predicted molar refractivity (Wildman–Crippen MR) is 65.1 cm³/mol. The number of nitrogens with zero attached hydrogens (tertiary/aromatic N) is 1. The van der Waals surface area contributed by atoms with Crippen LogP contribution in [0.2, 0.25) is 0 Å². The van der Waals surface area contributed by atoms with E-state index in [-0.39, 0.29) is 11.9 Å². The number of amides is 3. The average Bonchev–Trinajstić information content (AvgIpc) is 2.26. The van der Waals surface area contributed by atoms with Crippen LogP contribution in [0.1, 0.15) is 6.92 Å². The van der Waals surface area contributed by atoms with Crippen LogP contribution in [-0.2, 0) is 4.79 Å². The average molecular weight is 233 g/mol. The molecule has 0 unspecified atom stereocenters. The molecule has 1 heterocycles. The minimum Gasteiger partial charge on any atom is -0.428 e. The minimum absolute atomic E-state index is 0.187. The highest BCUT2D eigenvalue weighted by Gasteiger charge is 2.33. The SMILES string of the molecule is CC(=O)Nc1ccc2c(c1)B(O)N(C)C(=O)N2. The van der Waals surface area contributed by atoms with Gasteiger partial charge in [-0.25, -0.2) is 4.79 Å². The standard InChI is InChI=1S/C10H12BN3O3/c1-6(15)12-7-3-4-9-8(5-7)11(17)14(2)10(16)13-9/h3-5,17H,1-2H3,(H,12,15)(H,13,16). The molecule has 0 aliphatic carbocycles. The zero-order valence-corrected chi connectivity index (χ0v) is 9.52. The molecule has 17 heavy (non-hydrogen) atoms. The molecule has 1 aliphatic rings. The molecule has 2 rings (SSSR count). The Morgan fingerprint density at radius 2 is 2.24 bits per heavy atom. The molecule has 1 aromatic carbocycles. The monoisotopic (exact) mass is 233 g/mol. The first-order chi connectivity index (χ1) is 7.99. The number of hydrogen-bond donors (Lipinski definition) is 3. The molecule has 0 spiro atoms. The van der Waals surface area contributed by atoms with E-state index in [4.69, 9.17) is 0 Å². The maximum atomic E-state index is 11.4. The van der Waals surface area contributed by atoms with E-state index in [1.807, 2.05) is 0 Å². The van der Waals surface area contributed by atoms with Gasteiger partial charge >= 0.3 is 13.1 Å². The minimum atomic E-state index is -1.01. The van der Waals surface area contributed by atoms with Gasteiger partial charge in [-0.05, 0) is 18.2 Å². The number of nitrogens with one attached hydrogen (secondary N) is 2. The smallest absolute Gasteiger partial charge is 0.428 e. The normalized spacial score (nSPS) is 14.2. The predicted octanol–water partition coefficient (Wildman–Crippen LogP) is -0.190. The van der Waals surface area contributed by atoms with Crippen molar-refractivity contribution < 1.29 is 14.6 Å². The molecule has 3 amide bonds. The summed E-state index contributed by atoms with van der Waals surface area (Å²) in [5, 5.41) is 15.2. The molecule has 6 nitrogen and oxygen atoms in total. The van der Waals surface area contributed by atoms with Crippen LogP contribution in [0, 0.1) is 0 Å². The van der Waals surface area contributed by atoms with Gasteiger partial charge in [0.1, 0.15) is 0 Å². The van der Waals surface area contributed by atoms with Crippen molar-refractivity contribution in [3.63, 3.8) is 0 Å². The number of fused-ring (bicyclic) bond motifs is 1. The van der Waals surface area contributed by atoms with Gasteiger partial charge in [-0.15, -0.1) is 0 Å². The first-order valence-corrected chi connectivity index (χ1v) is 5.12. The van der Waals surface area contributed by atoms with Crippen molar-refractivity contribution in [2.24, 2.45) is 0 Å². The Kier molecular flexibility index (Phi) is 2.77. The van der Waals surface area contributed by atoms with Crippen LogP contribution in [0.25, 0.3) is 0 Å². The van der Waals surface area contributed by atoms with E-state index < -0.39 is 7.05 Å². The molecular weight excluding hydrogens is 221 g/mol. The van der Waals surface area contributed by atoms with Gasteiger partial charge in [0.2, 0.25) is 5.91 Å². The topological polar surface area (TPSA) is 81.7 Å². The lowest BCUT2D eigenvalue weighted by atomic mass is 9.70. The fraction of sp³-hybridized carbons (Fsp3) is 0.200. The van der Waals surface area contributed by atoms with Crippen LogP contribution >= 0.6 is 0 Å². The van der Waals surface area contributed by atoms with E-state index in [9.17, 15) is 14.6 Å². The fourth-order valence-corrected chi connectivity index (χ4v) is 1.69. The van der Waals surface area contributed by atoms with Crippen molar-refractivity contribution in [3.8, 4) is 0 Å². The largest absolute Gasteiger partial charge is 0.454 e. The number of urea groups is 1. The van der Waals surface area contributed by atoms with Crippen molar-refractivity contribution in [2.75, 3.05) is 17.7 Å². The number of carbonyl (C=O) groups excluding carboxylic acids is 2. The summed E-state index contributed by atoms with van der Waals surface area (Å²) in [5.74, 6) is -0.187. The zero-order valence-electron chi connectivity index (χ0n) is 9.52. The fourth-order valence-electron chi connectivity index (χ4n) is 1.69. The number of rotatable bonds is 1. The van der Waals surface area contributed by atoms with E-state index in [0.717, 1.165) is 0 Å². The Bertz CT molecular complexity index is 492. The molecule has 88 valence electrons. The molecule has 7 heteroatoms. The summed E-state index contributed by atoms with van der Waals surface area (Å²) in [5.41, 5.74) is 1.69. The molecule has 0 bridgehead atoms. The van der Waals surface area contributed by atoms with Gasteiger partial charge in [-0.1, -0.05) is 0 Å². The quantitative estimate of drug-likeness (QED) is 0.588. The summed E-state index contributed by atoms with van der Waals surface area (Å²) in [6, 6.07) is 4.59. The van der Waals surface area contributed by atoms with Gasteiger partial charge in [0.15, 0.2) is 0 Å². The van der Waals surface area contributed by atoms with Crippen LogP contribution in [0.15, 0.2) is 18.2 Å². The van der Waals surface area contributed by atoms with Gasteiger partial charge < -0.3 is 20.5 Å². The molecule has 0 radical (unpaired) electrons. The summed E-state index contributed by atoms with van der Waals surface area (Å²) in [7, 11) is 0.487. The van der Waals surface area contributed by atoms with Crippen LogP contribution in [0.5, 0.6) is 0 Å². The Balaban J connectivity index is 2.38. The Morgan fingerprint density at radius 3 is 2.88 bits per heavy atom. The van der Waals surface area contributed by atoms with E-state index >= 15 is 0 Å². The second-order valence-corrected chi connectivity index (χ2v) is 3.90. The van der Waals surface area contributed by atoms with Crippen molar-refractivity contribution in [2.45, 2.75) is 6.92 Å². The third-order valence-corrected chi connectivity index (χ3v) is 2.58. The molecule has 0 aromatic heterocycles. The number of anilines is 2. The van der Waals surface area contributed by atoms with Crippen molar-refractivity contribution in [1.82, 2.24) is 4.81 Å². The third-order valence-electron chi connectivity index (χ3n) is 2.58. The van der Waals surface area contributed by atoms with Crippen LogP contribution in [-0.4, -0.2) is 35.9 Å². The molecule has 3 N–H and O–H groups in total. The summed E-state index contributed by atoms with van der Waals surface area (Å²) in [6.45, 7) is 1.41. The number of benzene rings is 1. The van der Waals surface area contributed by atoms with E-state index in [1.165, 1.54) is 18.8 Å². The van der Waals surface area contributed by atoms with Crippen molar-refractivity contribution in [1.29, 1.82) is 0 Å². The highest BCUT2D eigenvalue weighted by atomic mass is 16.2. The van der Waals surface area contributed by atoms with Gasteiger partial charge in [0.25, 0.3) is 0 Å². The van der Waals surface area contributed by atoms with Gasteiger partial charge in [0, 0.05) is 30.8 Å². The van der Waals surface area contributed by atoms with Crippen molar-refractivity contribution >= 4 is 35.8 Å². The highest BCUT2D eigenvalue weighted by Crippen LogP contribution is 2.16. The van der Waals surface area contributed by atoms with Crippen molar-refractivity contribution in [3.05, 3.63) is 18.2 Å². The van der Waals surface area contributed by atoms with E-state index in [2.05, 4.69) is 10.6 Å². The Morgan fingerprint density at radius 1 is 1.53 bits per heavy atom. The Labute approximate surface area is 98.7 Å². The molecule has 1 aliphatic heterocycles. The second kappa shape index (κ2) is 4.10. The zero-order chi connectivity index (χ0) is 12.6. The maximum Gasteiger partial charge on any atom is 0.454 e. The molecule has 0 saturated heterocycles. The summed E-state index contributed by atoms with van der Waals surface area (Å²) < 4.78 is 0. The Hall–Kier alpha value is -2.02. The molecule has 0 fully saturated rings. The van der Waals surface area contributed by atoms with Crippen LogP contribution in [0.3, 0.4) is 0 Å². The maximum absolute atomic E-state index is 11.4. The molecule has 0 atom stereocenters. The number of carbonyl (C=O) groups is 2. The summed E-state index contributed by atoms with van der Waals surface area (Å²) in [6.07, 6.45) is 0. The van der Waals surface area contributed by atoms with Gasteiger partial charge in [0.05, 0.1) is 0 Å². The first kappa shape index (κ1) is 11.5. The van der Waals surface area contributed by atoms with Gasteiger partial charge in [-0.2, -0.15) is 0 Å². The number of hydrogen-bond acceptors (Lipinski definition) is 3.